The van der Waals surface area contributed by atoms with E-state index in [9.17, 15) is 0 Å². The molecule has 186 valence electrons. The summed E-state index contributed by atoms with van der Waals surface area (Å²) in [6.45, 7) is 10.4. The minimum atomic E-state index is -2.59. The molecule has 31 heavy (non-hydrogen) atoms. The zero-order valence-electron chi connectivity index (χ0n) is 21.5. The van der Waals surface area contributed by atoms with Gasteiger partial charge in [-0.25, -0.2) is 0 Å². The van der Waals surface area contributed by atoms with Crippen molar-refractivity contribution in [1.82, 2.24) is 0 Å². The van der Waals surface area contributed by atoms with Crippen molar-refractivity contribution in [3.05, 3.63) is 0 Å². The minimum absolute atomic E-state index is 0.485. The van der Waals surface area contributed by atoms with E-state index in [1.165, 1.54) is 89.9 Å². The number of hydrogen-bond donors (Lipinski definition) is 0. The SMILES string of the molecule is CCCCCCCCCCCCCCCCC1(OCC)CCC[Si](OCC)(OCC)O1. The van der Waals surface area contributed by atoms with Crippen molar-refractivity contribution in [2.75, 3.05) is 19.8 Å². The van der Waals surface area contributed by atoms with Crippen molar-refractivity contribution in [3.8, 4) is 0 Å². The van der Waals surface area contributed by atoms with E-state index in [-0.39, 0.29) is 0 Å². The van der Waals surface area contributed by atoms with Gasteiger partial charge in [-0.15, -0.1) is 0 Å². The van der Waals surface area contributed by atoms with Gasteiger partial charge in [-0.3, -0.25) is 0 Å². The minimum Gasteiger partial charge on any atom is -0.374 e. The van der Waals surface area contributed by atoms with Crippen LogP contribution in [0.4, 0.5) is 0 Å². The molecule has 0 aliphatic carbocycles. The van der Waals surface area contributed by atoms with Gasteiger partial charge >= 0.3 is 8.80 Å². The van der Waals surface area contributed by atoms with Gasteiger partial charge in [-0.2, -0.15) is 0 Å². The summed E-state index contributed by atoms with van der Waals surface area (Å²) >= 11 is 0. The average molecular weight is 459 g/mol. The van der Waals surface area contributed by atoms with Crippen LogP contribution in [0.3, 0.4) is 0 Å². The van der Waals surface area contributed by atoms with Crippen LogP contribution in [0.5, 0.6) is 0 Å². The van der Waals surface area contributed by atoms with Gasteiger partial charge in [-0.1, -0.05) is 90.4 Å². The summed E-state index contributed by atoms with van der Waals surface area (Å²) in [4.78, 5) is 0. The van der Waals surface area contributed by atoms with Crippen molar-refractivity contribution in [1.29, 1.82) is 0 Å². The zero-order valence-corrected chi connectivity index (χ0v) is 22.5. The molecule has 1 fully saturated rings. The van der Waals surface area contributed by atoms with Gasteiger partial charge in [0.05, 0.1) is 0 Å². The highest BCUT2D eigenvalue weighted by Gasteiger charge is 2.52. The molecule has 1 rings (SSSR count). The first-order valence-electron chi connectivity index (χ1n) is 13.8. The molecule has 0 spiro atoms. The number of ether oxygens (including phenoxy) is 1. The highest BCUT2D eigenvalue weighted by Crippen LogP contribution is 2.39. The van der Waals surface area contributed by atoms with Crippen LogP contribution < -0.4 is 0 Å². The summed E-state index contributed by atoms with van der Waals surface area (Å²) in [5, 5.41) is 0. The first kappa shape index (κ1) is 29.1. The lowest BCUT2D eigenvalue weighted by Crippen LogP contribution is -2.57. The van der Waals surface area contributed by atoms with E-state index in [0.717, 1.165) is 25.3 Å². The Morgan fingerprint density at radius 1 is 0.645 bits per heavy atom. The second-order valence-corrected chi connectivity index (χ2v) is 11.8. The number of unbranched alkanes of at least 4 members (excludes halogenated alkanes) is 13. The summed E-state index contributed by atoms with van der Waals surface area (Å²) in [5.74, 6) is -0.485. The topological polar surface area (TPSA) is 36.9 Å². The third-order valence-corrected chi connectivity index (χ3v) is 9.54. The maximum atomic E-state index is 6.57. The zero-order chi connectivity index (χ0) is 22.7. The molecule has 0 saturated carbocycles. The van der Waals surface area contributed by atoms with Crippen LogP contribution in [0, 0.1) is 0 Å². The molecular weight excluding hydrogens is 404 g/mol. The van der Waals surface area contributed by atoms with Gasteiger partial charge in [0.25, 0.3) is 0 Å². The van der Waals surface area contributed by atoms with Crippen LogP contribution in [0.15, 0.2) is 0 Å². The Labute approximate surface area is 195 Å². The summed E-state index contributed by atoms with van der Waals surface area (Å²) < 4.78 is 24.9. The predicted molar refractivity (Wildman–Crippen MR) is 133 cm³/mol. The Bertz CT molecular complexity index is 391. The molecule has 4 nitrogen and oxygen atoms in total. The molecule has 0 radical (unpaired) electrons. The highest BCUT2D eigenvalue weighted by atomic mass is 28.4. The average Bonchev–Trinajstić information content (AvgIpc) is 2.75. The first-order chi connectivity index (χ1) is 15.2. The fourth-order valence-corrected chi connectivity index (χ4v) is 7.76. The summed E-state index contributed by atoms with van der Waals surface area (Å²) in [7, 11) is -2.59. The maximum absolute atomic E-state index is 6.57. The highest BCUT2D eigenvalue weighted by molar-refractivity contribution is 6.61. The quantitative estimate of drug-likeness (QED) is 0.128. The van der Waals surface area contributed by atoms with Crippen molar-refractivity contribution in [3.63, 3.8) is 0 Å². The van der Waals surface area contributed by atoms with Crippen LogP contribution >= 0.6 is 0 Å². The molecule has 1 aliphatic heterocycles. The Kier molecular flexibility index (Phi) is 17.3. The van der Waals surface area contributed by atoms with Crippen molar-refractivity contribution < 1.29 is 18.0 Å². The van der Waals surface area contributed by atoms with Crippen molar-refractivity contribution >= 4 is 8.80 Å². The monoisotopic (exact) mass is 458 g/mol. The molecule has 1 saturated heterocycles. The molecule has 1 atom stereocenters. The lowest BCUT2D eigenvalue weighted by Gasteiger charge is -2.45. The van der Waals surface area contributed by atoms with Crippen LogP contribution in [-0.2, 0) is 18.0 Å². The largest absolute Gasteiger partial charge is 0.503 e. The van der Waals surface area contributed by atoms with E-state index in [4.69, 9.17) is 18.0 Å². The van der Waals surface area contributed by atoms with Crippen molar-refractivity contribution in [2.45, 2.75) is 149 Å². The van der Waals surface area contributed by atoms with E-state index < -0.39 is 14.6 Å². The van der Waals surface area contributed by atoms with E-state index in [1.54, 1.807) is 0 Å². The van der Waals surface area contributed by atoms with Crippen LogP contribution in [0.25, 0.3) is 0 Å². The van der Waals surface area contributed by atoms with E-state index in [2.05, 4.69) is 13.8 Å². The molecule has 0 amide bonds. The van der Waals surface area contributed by atoms with Crippen LogP contribution in [0.2, 0.25) is 6.04 Å². The predicted octanol–water partition coefficient (Wildman–Crippen LogP) is 8.41. The fraction of sp³-hybridized carbons (Fsp3) is 1.00. The van der Waals surface area contributed by atoms with Crippen LogP contribution in [-0.4, -0.2) is 34.4 Å². The Morgan fingerprint density at radius 2 is 1.13 bits per heavy atom. The van der Waals surface area contributed by atoms with Gasteiger partial charge < -0.3 is 18.0 Å². The molecule has 1 aliphatic rings. The van der Waals surface area contributed by atoms with Gasteiger partial charge in [0, 0.05) is 38.7 Å². The molecule has 0 bridgehead atoms. The second kappa shape index (κ2) is 18.5. The molecule has 0 aromatic heterocycles. The summed E-state index contributed by atoms with van der Waals surface area (Å²) in [6, 6.07) is 0.919. The Balaban J connectivity index is 2.16. The summed E-state index contributed by atoms with van der Waals surface area (Å²) in [6.07, 6.45) is 22.4. The molecule has 0 aromatic rings. The van der Waals surface area contributed by atoms with Gasteiger partial charge in [0.15, 0.2) is 5.79 Å². The molecular formula is C26H54O4Si. The van der Waals surface area contributed by atoms with Gasteiger partial charge in [0.2, 0.25) is 0 Å². The van der Waals surface area contributed by atoms with E-state index >= 15 is 0 Å². The standard InChI is InChI=1S/C26H54O4Si/c1-5-9-10-11-12-13-14-15-16-17-18-19-20-21-23-26(27-6-2)24-22-25-31(30-26,28-7-3)29-8-4/h5-25H2,1-4H3. The Hall–Kier alpha value is 0.0569. The Morgan fingerprint density at radius 3 is 1.58 bits per heavy atom. The lowest BCUT2D eigenvalue weighted by molar-refractivity contribution is -0.226. The fourth-order valence-electron chi connectivity index (χ4n) is 4.85. The van der Waals surface area contributed by atoms with Gasteiger partial charge in [0.1, 0.15) is 0 Å². The number of hydrogen-bond acceptors (Lipinski definition) is 4. The third-order valence-electron chi connectivity index (χ3n) is 6.43. The molecule has 0 aromatic carbocycles. The van der Waals surface area contributed by atoms with E-state index in [0.29, 0.717) is 19.8 Å². The normalized spacial score (nSPS) is 20.9. The smallest absolute Gasteiger partial charge is 0.374 e. The molecule has 0 N–H and O–H groups in total. The molecule has 1 heterocycles. The van der Waals surface area contributed by atoms with Crippen molar-refractivity contribution in [2.24, 2.45) is 0 Å². The van der Waals surface area contributed by atoms with Gasteiger partial charge in [-0.05, 0) is 33.6 Å². The maximum Gasteiger partial charge on any atom is 0.503 e. The summed E-state index contributed by atoms with van der Waals surface area (Å²) in [5.41, 5.74) is 0. The lowest BCUT2D eigenvalue weighted by atomic mass is 10.0. The number of rotatable bonds is 21. The molecule has 5 heteroatoms. The van der Waals surface area contributed by atoms with Crippen LogP contribution in [0.1, 0.15) is 137 Å². The second-order valence-electron chi connectivity index (χ2n) is 9.19. The third kappa shape index (κ3) is 12.8. The molecule has 1 unspecified atom stereocenters. The first-order valence-corrected chi connectivity index (χ1v) is 15.7. The van der Waals surface area contributed by atoms with E-state index in [1.807, 2.05) is 13.8 Å².